The lowest BCUT2D eigenvalue weighted by Gasteiger charge is -2.02. The summed E-state index contributed by atoms with van der Waals surface area (Å²) in [5.74, 6) is 0.0934. The van der Waals surface area contributed by atoms with Crippen LogP contribution in [0, 0.1) is 0 Å². The molecule has 3 nitrogen and oxygen atoms in total. The second kappa shape index (κ2) is 4.04. The van der Waals surface area contributed by atoms with Gasteiger partial charge in [-0.2, -0.15) is 0 Å². The van der Waals surface area contributed by atoms with E-state index in [0.29, 0.717) is 11.1 Å². The number of nitrogens with one attached hydrogen (secondary N) is 1. The van der Waals surface area contributed by atoms with Crippen molar-refractivity contribution in [3.05, 3.63) is 65.2 Å². The number of phenolic OH excluding ortho intramolecular Hbond substituents is 1. The summed E-state index contributed by atoms with van der Waals surface area (Å²) < 4.78 is 0. The minimum Gasteiger partial charge on any atom is -0.507 e. The fourth-order valence-corrected chi connectivity index (χ4v) is 2.05. The van der Waals surface area contributed by atoms with Crippen LogP contribution >= 0.6 is 0 Å². The van der Waals surface area contributed by atoms with Gasteiger partial charge in [-0.3, -0.25) is 4.79 Å². The number of rotatable bonds is 1. The van der Waals surface area contributed by atoms with Crippen LogP contribution in [-0.4, -0.2) is 11.0 Å². The summed E-state index contributed by atoms with van der Waals surface area (Å²) in [6, 6.07) is 14.4. The van der Waals surface area contributed by atoms with Crippen molar-refractivity contribution < 1.29 is 9.90 Å². The molecule has 1 aliphatic heterocycles. The third-order valence-corrected chi connectivity index (χ3v) is 2.95. The zero-order valence-corrected chi connectivity index (χ0v) is 9.55. The highest BCUT2D eigenvalue weighted by Gasteiger charge is 2.22. The SMILES string of the molecule is O=C1N/C(=C\c2ccccc2O)c2ccccc21. The Morgan fingerprint density at radius 3 is 2.39 bits per heavy atom. The lowest BCUT2D eigenvalue weighted by atomic mass is 10.1. The van der Waals surface area contributed by atoms with E-state index in [-0.39, 0.29) is 11.7 Å². The number of fused-ring (bicyclic) bond motifs is 1. The molecule has 0 unspecified atom stereocenters. The van der Waals surface area contributed by atoms with Gasteiger partial charge in [-0.05, 0) is 18.2 Å². The molecule has 0 saturated heterocycles. The van der Waals surface area contributed by atoms with Gasteiger partial charge in [-0.15, -0.1) is 0 Å². The van der Waals surface area contributed by atoms with Crippen molar-refractivity contribution in [3.8, 4) is 5.75 Å². The molecule has 0 bridgehead atoms. The molecule has 88 valence electrons. The van der Waals surface area contributed by atoms with Gasteiger partial charge in [0.05, 0.1) is 0 Å². The molecule has 18 heavy (non-hydrogen) atoms. The maximum atomic E-state index is 11.7. The predicted octanol–water partition coefficient (Wildman–Crippen LogP) is 2.63. The maximum Gasteiger partial charge on any atom is 0.256 e. The van der Waals surface area contributed by atoms with E-state index in [0.717, 1.165) is 11.3 Å². The molecule has 0 spiro atoms. The predicted molar refractivity (Wildman–Crippen MR) is 69.9 cm³/mol. The Bertz CT molecular complexity index is 659. The van der Waals surface area contributed by atoms with Crippen molar-refractivity contribution in [2.24, 2.45) is 0 Å². The Morgan fingerprint density at radius 1 is 0.944 bits per heavy atom. The Kier molecular flexibility index (Phi) is 2.38. The summed E-state index contributed by atoms with van der Waals surface area (Å²) in [4.78, 5) is 11.7. The van der Waals surface area contributed by atoms with Crippen LogP contribution in [0.3, 0.4) is 0 Å². The molecule has 0 aromatic heterocycles. The standard InChI is InChI=1S/C15H11NO2/c17-14-8-4-1-5-10(14)9-13-11-6-2-3-7-12(11)15(18)16-13/h1-9,17H,(H,16,18)/b13-9-. The van der Waals surface area contributed by atoms with Gasteiger partial charge >= 0.3 is 0 Å². The monoisotopic (exact) mass is 237 g/mol. The minimum atomic E-state index is -0.104. The van der Waals surface area contributed by atoms with Gasteiger partial charge in [0, 0.05) is 22.4 Å². The molecule has 1 heterocycles. The summed E-state index contributed by atoms with van der Waals surface area (Å²) in [6.45, 7) is 0. The first-order chi connectivity index (χ1) is 8.75. The number of carbonyl (C=O) groups excluding carboxylic acids is 1. The number of amides is 1. The fraction of sp³-hybridized carbons (Fsp3) is 0. The summed E-state index contributed by atoms with van der Waals surface area (Å²) >= 11 is 0. The molecule has 0 aliphatic carbocycles. The van der Waals surface area contributed by atoms with Crippen LogP contribution in [0.25, 0.3) is 11.8 Å². The minimum absolute atomic E-state index is 0.104. The van der Waals surface area contributed by atoms with E-state index in [1.807, 2.05) is 24.3 Å². The number of hydrogen-bond donors (Lipinski definition) is 2. The number of para-hydroxylation sites is 1. The third-order valence-electron chi connectivity index (χ3n) is 2.95. The van der Waals surface area contributed by atoms with Crippen LogP contribution in [-0.2, 0) is 0 Å². The molecular weight excluding hydrogens is 226 g/mol. The molecule has 2 N–H and O–H groups in total. The first kappa shape index (κ1) is 10.6. The largest absolute Gasteiger partial charge is 0.507 e. The fourth-order valence-electron chi connectivity index (χ4n) is 2.05. The van der Waals surface area contributed by atoms with Crippen LogP contribution < -0.4 is 5.32 Å². The Hall–Kier alpha value is -2.55. The van der Waals surface area contributed by atoms with Gasteiger partial charge in [0.1, 0.15) is 5.75 Å². The van der Waals surface area contributed by atoms with Crippen molar-refractivity contribution >= 4 is 17.7 Å². The molecule has 3 heteroatoms. The average molecular weight is 237 g/mol. The number of benzene rings is 2. The Morgan fingerprint density at radius 2 is 1.61 bits per heavy atom. The number of hydrogen-bond acceptors (Lipinski definition) is 2. The highest BCUT2D eigenvalue weighted by molar-refractivity contribution is 6.11. The summed E-state index contributed by atoms with van der Waals surface area (Å²) in [5.41, 5.74) is 2.94. The van der Waals surface area contributed by atoms with Crippen LogP contribution in [0.4, 0.5) is 0 Å². The van der Waals surface area contributed by atoms with Crippen LogP contribution in [0.1, 0.15) is 21.5 Å². The Labute approximate surface area is 104 Å². The van der Waals surface area contributed by atoms with Gasteiger partial charge in [0.2, 0.25) is 0 Å². The molecular formula is C15H11NO2. The first-order valence-electron chi connectivity index (χ1n) is 5.66. The molecule has 0 radical (unpaired) electrons. The van der Waals surface area contributed by atoms with Gasteiger partial charge < -0.3 is 10.4 Å². The topological polar surface area (TPSA) is 49.3 Å². The van der Waals surface area contributed by atoms with Crippen LogP contribution in [0.2, 0.25) is 0 Å². The van der Waals surface area contributed by atoms with Crippen molar-refractivity contribution in [1.82, 2.24) is 5.32 Å². The van der Waals surface area contributed by atoms with E-state index in [2.05, 4.69) is 5.32 Å². The van der Waals surface area contributed by atoms with E-state index in [4.69, 9.17) is 0 Å². The zero-order chi connectivity index (χ0) is 12.5. The van der Waals surface area contributed by atoms with E-state index in [1.165, 1.54) is 0 Å². The van der Waals surface area contributed by atoms with Gasteiger partial charge in [-0.25, -0.2) is 0 Å². The molecule has 3 rings (SSSR count). The lowest BCUT2D eigenvalue weighted by Crippen LogP contribution is -2.11. The van der Waals surface area contributed by atoms with Crippen molar-refractivity contribution in [1.29, 1.82) is 0 Å². The molecule has 2 aromatic rings. The van der Waals surface area contributed by atoms with E-state index in [1.54, 1.807) is 30.3 Å². The van der Waals surface area contributed by atoms with E-state index < -0.39 is 0 Å². The zero-order valence-electron chi connectivity index (χ0n) is 9.55. The van der Waals surface area contributed by atoms with Crippen molar-refractivity contribution in [2.75, 3.05) is 0 Å². The molecule has 2 aromatic carbocycles. The van der Waals surface area contributed by atoms with Crippen LogP contribution in [0.15, 0.2) is 48.5 Å². The second-order valence-electron chi connectivity index (χ2n) is 4.12. The molecule has 0 fully saturated rings. The smallest absolute Gasteiger partial charge is 0.256 e. The number of aromatic hydroxyl groups is 1. The normalized spacial score (nSPS) is 15.6. The highest BCUT2D eigenvalue weighted by atomic mass is 16.3. The average Bonchev–Trinajstić information content (AvgIpc) is 2.70. The molecule has 0 saturated carbocycles. The number of phenols is 1. The second-order valence-corrected chi connectivity index (χ2v) is 4.12. The van der Waals surface area contributed by atoms with Crippen LogP contribution in [0.5, 0.6) is 5.75 Å². The van der Waals surface area contributed by atoms with E-state index >= 15 is 0 Å². The summed E-state index contributed by atoms with van der Waals surface area (Å²) in [6.07, 6.45) is 1.78. The third kappa shape index (κ3) is 1.66. The van der Waals surface area contributed by atoms with Crippen molar-refractivity contribution in [3.63, 3.8) is 0 Å². The van der Waals surface area contributed by atoms with Gasteiger partial charge in [0.25, 0.3) is 5.91 Å². The van der Waals surface area contributed by atoms with E-state index in [9.17, 15) is 9.90 Å². The summed E-state index contributed by atoms with van der Waals surface area (Å²) in [5, 5.41) is 12.5. The summed E-state index contributed by atoms with van der Waals surface area (Å²) in [7, 11) is 0. The van der Waals surface area contributed by atoms with Crippen molar-refractivity contribution in [2.45, 2.75) is 0 Å². The number of carbonyl (C=O) groups is 1. The first-order valence-corrected chi connectivity index (χ1v) is 5.66. The lowest BCUT2D eigenvalue weighted by molar-refractivity contribution is 0.0981. The highest BCUT2D eigenvalue weighted by Crippen LogP contribution is 2.28. The molecule has 1 aliphatic rings. The maximum absolute atomic E-state index is 11.7. The quantitative estimate of drug-likeness (QED) is 0.801. The Balaban J connectivity index is 2.11. The molecule has 0 atom stereocenters. The molecule has 1 amide bonds. The van der Waals surface area contributed by atoms with Gasteiger partial charge in [0.15, 0.2) is 0 Å². The van der Waals surface area contributed by atoms with Gasteiger partial charge in [-0.1, -0.05) is 36.4 Å².